The summed E-state index contributed by atoms with van der Waals surface area (Å²) in [5.74, 6) is -5.20. The molecule has 6 atom stereocenters. The summed E-state index contributed by atoms with van der Waals surface area (Å²) >= 11 is 0. The zero-order valence-electron chi connectivity index (χ0n) is 7.72. The summed E-state index contributed by atoms with van der Waals surface area (Å²) in [6.45, 7) is -0.646. The molecule has 92 valence electrons. The van der Waals surface area contributed by atoms with Crippen molar-refractivity contribution in [3.8, 4) is 0 Å². The molecule has 2 bridgehead atoms. The fourth-order valence-electron chi connectivity index (χ4n) is 1.94. The van der Waals surface area contributed by atoms with Gasteiger partial charge in [0, 0.05) is 0 Å². The molecule has 0 spiro atoms. The van der Waals surface area contributed by atoms with Gasteiger partial charge in [0.05, 0.1) is 6.61 Å². The molecule has 3 rings (SSSR count). The van der Waals surface area contributed by atoms with Crippen LogP contribution < -0.4 is 0 Å². The lowest BCUT2D eigenvalue weighted by Gasteiger charge is -2.47. The van der Waals surface area contributed by atoms with Gasteiger partial charge in [-0.2, -0.15) is 0 Å². The minimum Gasteiger partial charge on any atom is -0.394 e. The lowest BCUT2D eigenvalue weighted by atomic mass is 9.92. The maximum Gasteiger partial charge on any atom is 0.483 e. The normalized spacial score (nSPS) is 63.9. The van der Waals surface area contributed by atoms with Gasteiger partial charge >= 0.3 is 7.82 Å². The Morgan fingerprint density at radius 3 is 2.44 bits per heavy atom. The van der Waals surface area contributed by atoms with Crippen LogP contribution in [0.5, 0.6) is 0 Å². The number of phosphoric ester groups is 1. The van der Waals surface area contributed by atoms with Crippen LogP contribution in [0.4, 0.5) is 0 Å². The Morgan fingerprint density at radius 2 is 1.88 bits per heavy atom. The SMILES string of the molecule is O=P12OC3OC(CO)C(O)C(O)(O1)C3(O)O2. The van der Waals surface area contributed by atoms with Crippen LogP contribution in [0.25, 0.3) is 0 Å². The largest absolute Gasteiger partial charge is 0.483 e. The van der Waals surface area contributed by atoms with Gasteiger partial charge in [-0.25, -0.2) is 13.6 Å². The number of hydrogen-bond donors (Lipinski definition) is 4. The van der Waals surface area contributed by atoms with Crippen LogP contribution in [-0.2, 0) is 22.9 Å². The van der Waals surface area contributed by atoms with Gasteiger partial charge in [-0.1, -0.05) is 0 Å². The van der Waals surface area contributed by atoms with Crippen molar-refractivity contribution in [2.24, 2.45) is 0 Å². The first-order chi connectivity index (χ1) is 7.35. The molecule has 0 aliphatic carbocycles. The maximum atomic E-state index is 11.5. The molecule has 0 aromatic carbocycles. The second kappa shape index (κ2) is 2.83. The molecule has 0 aromatic rings. The van der Waals surface area contributed by atoms with Gasteiger partial charge in [0.15, 0.2) is 0 Å². The van der Waals surface area contributed by atoms with Gasteiger partial charge in [0.1, 0.15) is 12.2 Å². The summed E-state index contributed by atoms with van der Waals surface area (Å²) in [7, 11) is -4.13. The van der Waals surface area contributed by atoms with E-state index in [-0.39, 0.29) is 0 Å². The molecule has 3 fully saturated rings. The van der Waals surface area contributed by atoms with Crippen molar-refractivity contribution < 1.29 is 43.3 Å². The Kier molecular flexibility index (Phi) is 1.95. The zero-order valence-corrected chi connectivity index (χ0v) is 8.61. The quantitative estimate of drug-likeness (QED) is 0.379. The van der Waals surface area contributed by atoms with E-state index in [0.29, 0.717) is 0 Å². The van der Waals surface area contributed by atoms with Crippen LogP contribution in [-0.4, -0.2) is 57.1 Å². The highest BCUT2D eigenvalue weighted by Crippen LogP contribution is 2.73. The smallest absolute Gasteiger partial charge is 0.394 e. The van der Waals surface area contributed by atoms with Crippen molar-refractivity contribution in [3.05, 3.63) is 0 Å². The summed E-state index contributed by atoms with van der Waals surface area (Å²) < 4.78 is 30.1. The van der Waals surface area contributed by atoms with Crippen LogP contribution >= 0.6 is 7.82 Å². The molecule has 0 saturated carbocycles. The fraction of sp³-hybridized carbons (Fsp3) is 1.00. The minimum atomic E-state index is -4.13. The molecule has 9 nitrogen and oxygen atoms in total. The third-order valence-electron chi connectivity index (χ3n) is 2.79. The molecule has 0 amide bonds. The Bertz CT molecular complexity index is 386. The van der Waals surface area contributed by atoms with Gasteiger partial charge in [-0.3, -0.25) is 4.52 Å². The molecular weight excluding hydrogens is 247 g/mol. The van der Waals surface area contributed by atoms with Gasteiger partial charge in [0.25, 0.3) is 11.6 Å². The van der Waals surface area contributed by atoms with Crippen LogP contribution in [0.2, 0.25) is 0 Å². The first-order valence-corrected chi connectivity index (χ1v) is 5.90. The Hall–Kier alpha value is -0.0900. The molecule has 16 heavy (non-hydrogen) atoms. The number of phosphoric acid groups is 1. The molecule has 10 heteroatoms. The van der Waals surface area contributed by atoms with Gasteiger partial charge in [-0.15, -0.1) is 0 Å². The van der Waals surface area contributed by atoms with E-state index in [1.54, 1.807) is 0 Å². The summed E-state index contributed by atoms with van der Waals surface area (Å²) in [4.78, 5) is 0. The van der Waals surface area contributed by atoms with Gasteiger partial charge < -0.3 is 25.2 Å². The number of hydrogen-bond acceptors (Lipinski definition) is 9. The van der Waals surface area contributed by atoms with E-state index in [4.69, 9.17) is 9.84 Å². The van der Waals surface area contributed by atoms with Crippen molar-refractivity contribution >= 4 is 7.82 Å². The summed E-state index contributed by atoms with van der Waals surface area (Å²) in [6, 6.07) is 0. The Labute approximate surface area is 88.7 Å². The van der Waals surface area contributed by atoms with Crippen molar-refractivity contribution in [3.63, 3.8) is 0 Å². The average Bonchev–Trinajstić information content (AvgIpc) is 2.56. The van der Waals surface area contributed by atoms with Crippen LogP contribution in [0.3, 0.4) is 0 Å². The molecule has 0 aromatic heterocycles. The van der Waals surface area contributed by atoms with Gasteiger partial charge in [-0.05, 0) is 0 Å². The predicted molar refractivity (Wildman–Crippen MR) is 42.5 cm³/mol. The first-order valence-electron chi connectivity index (χ1n) is 4.44. The van der Waals surface area contributed by atoms with Crippen LogP contribution in [0.1, 0.15) is 0 Å². The minimum absolute atomic E-state index is 0.646. The molecule has 0 radical (unpaired) electrons. The monoisotopic (exact) mass is 256 g/mol. The van der Waals surface area contributed by atoms with Crippen LogP contribution in [0, 0.1) is 0 Å². The zero-order chi connectivity index (χ0) is 11.8. The van der Waals surface area contributed by atoms with Crippen molar-refractivity contribution in [1.29, 1.82) is 0 Å². The second-order valence-electron chi connectivity index (χ2n) is 3.76. The van der Waals surface area contributed by atoms with Crippen molar-refractivity contribution in [2.75, 3.05) is 6.61 Å². The maximum absolute atomic E-state index is 11.5. The molecular formula is C6H9O9P. The highest BCUT2D eigenvalue weighted by Gasteiger charge is 2.82. The van der Waals surface area contributed by atoms with Crippen molar-refractivity contribution in [2.45, 2.75) is 30.1 Å². The van der Waals surface area contributed by atoms with E-state index in [9.17, 15) is 19.9 Å². The molecule has 3 heterocycles. The van der Waals surface area contributed by atoms with E-state index in [1.807, 2.05) is 0 Å². The molecule has 3 saturated heterocycles. The topological polar surface area (TPSA) is 135 Å². The molecule has 3 aliphatic rings. The average molecular weight is 256 g/mol. The third kappa shape index (κ3) is 1.01. The second-order valence-corrected chi connectivity index (χ2v) is 5.23. The van der Waals surface area contributed by atoms with E-state index in [1.165, 1.54) is 0 Å². The third-order valence-corrected chi connectivity index (χ3v) is 4.24. The number of ether oxygens (including phenoxy) is 1. The number of aliphatic hydroxyl groups is 4. The predicted octanol–water partition coefficient (Wildman–Crippen LogP) is -2.37. The lowest BCUT2D eigenvalue weighted by molar-refractivity contribution is -0.435. The van der Waals surface area contributed by atoms with Crippen molar-refractivity contribution in [1.82, 2.24) is 0 Å². The van der Waals surface area contributed by atoms with Crippen LogP contribution in [0.15, 0.2) is 0 Å². The first kappa shape index (κ1) is 11.0. The van der Waals surface area contributed by atoms with E-state index in [2.05, 4.69) is 13.6 Å². The Morgan fingerprint density at radius 1 is 1.25 bits per heavy atom. The molecule has 4 N–H and O–H groups in total. The number of fused-ring (bicyclic) bond motifs is 1. The standard InChI is InChI=1S/C6H9O9P/c7-1-2-3(8)5(9)6(10)4(12-2)13-16(11,14-5)15-6/h2-4,7-10H,1H2. The van der Waals surface area contributed by atoms with E-state index in [0.717, 1.165) is 0 Å². The summed E-state index contributed by atoms with van der Waals surface area (Å²) in [6.07, 6.45) is -4.65. The van der Waals surface area contributed by atoms with E-state index >= 15 is 0 Å². The lowest BCUT2D eigenvalue weighted by Crippen LogP contribution is -2.73. The number of rotatable bonds is 1. The summed E-state index contributed by atoms with van der Waals surface area (Å²) in [5, 5.41) is 38.3. The highest BCUT2D eigenvalue weighted by atomic mass is 31.2. The Balaban J connectivity index is 2.07. The summed E-state index contributed by atoms with van der Waals surface area (Å²) in [5.41, 5.74) is 0. The molecule has 3 aliphatic heterocycles. The highest BCUT2D eigenvalue weighted by molar-refractivity contribution is 7.49. The van der Waals surface area contributed by atoms with E-state index < -0.39 is 44.5 Å². The number of aliphatic hydroxyl groups excluding tert-OH is 2. The fourth-order valence-corrected chi connectivity index (χ4v) is 3.63. The molecule has 6 unspecified atom stereocenters. The van der Waals surface area contributed by atoms with Gasteiger partial charge in [0.2, 0.25) is 6.29 Å².